The van der Waals surface area contributed by atoms with E-state index in [0.717, 1.165) is 18.7 Å². The van der Waals surface area contributed by atoms with Gasteiger partial charge in [-0.25, -0.2) is 0 Å². The van der Waals surface area contributed by atoms with Crippen molar-refractivity contribution in [2.45, 2.75) is 52.5 Å². The van der Waals surface area contributed by atoms with Gasteiger partial charge in [-0.2, -0.15) is 0 Å². The normalized spacial score (nSPS) is 22.5. The van der Waals surface area contributed by atoms with Crippen LogP contribution >= 0.6 is 0 Å². The van der Waals surface area contributed by atoms with Gasteiger partial charge in [-0.15, -0.1) is 0 Å². The van der Waals surface area contributed by atoms with Crippen LogP contribution < -0.4 is 0 Å². The molecule has 1 heterocycles. The maximum absolute atomic E-state index is 4.55. The average molecular weight is 180 g/mol. The Hall–Kier alpha value is -0.660. The van der Waals surface area contributed by atoms with Crippen LogP contribution in [0.3, 0.4) is 0 Å². The Morgan fingerprint density at radius 2 is 2.15 bits per heavy atom. The van der Waals surface area contributed by atoms with Crippen LogP contribution in [0.5, 0.6) is 0 Å². The molecule has 0 bridgehead atoms. The number of nitrogens with zero attached hydrogens (tertiary/aromatic N) is 2. The Labute approximate surface area is 81.2 Å². The van der Waals surface area contributed by atoms with Gasteiger partial charge in [0.25, 0.3) is 0 Å². The molecule has 2 nitrogen and oxygen atoms in total. The molecule has 74 valence electrons. The van der Waals surface area contributed by atoms with E-state index < -0.39 is 0 Å². The summed E-state index contributed by atoms with van der Waals surface area (Å²) in [6.45, 7) is 7.32. The number of hydrogen-bond acceptors (Lipinski definition) is 2. The fourth-order valence-corrected chi connectivity index (χ4v) is 1.61. The van der Waals surface area contributed by atoms with Crippen molar-refractivity contribution in [3.8, 4) is 0 Å². The highest BCUT2D eigenvalue weighted by molar-refractivity contribution is 6.41. The SMILES string of the molecule is CCCCCC1=NC[C@@H](C)N=C1C. The van der Waals surface area contributed by atoms with Gasteiger partial charge in [-0.05, 0) is 26.7 Å². The topological polar surface area (TPSA) is 24.7 Å². The number of unbranched alkanes of at least 4 members (excludes halogenated alkanes) is 2. The fraction of sp³-hybridized carbons (Fsp3) is 0.818. The molecule has 0 aliphatic carbocycles. The summed E-state index contributed by atoms with van der Waals surface area (Å²) in [5, 5.41) is 0. The molecule has 0 aromatic heterocycles. The van der Waals surface area contributed by atoms with Gasteiger partial charge in [0, 0.05) is 0 Å². The monoisotopic (exact) mass is 180 g/mol. The molecule has 0 aromatic rings. The largest absolute Gasteiger partial charge is 0.286 e. The van der Waals surface area contributed by atoms with Crippen LogP contribution in [0.15, 0.2) is 9.98 Å². The first-order valence-corrected chi connectivity index (χ1v) is 5.32. The Morgan fingerprint density at radius 1 is 1.38 bits per heavy atom. The zero-order valence-electron chi connectivity index (χ0n) is 9.01. The zero-order valence-corrected chi connectivity index (χ0v) is 9.01. The summed E-state index contributed by atoms with van der Waals surface area (Å²) in [4.78, 5) is 9.08. The van der Waals surface area contributed by atoms with Crippen molar-refractivity contribution in [2.24, 2.45) is 9.98 Å². The summed E-state index contributed by atoms with van der Waals surface area (Å²) in [6.07, 6.45) is 4.97. The van der Waals surface area contributed by atoms with Crippen LogP contribution in [0.25, 0.3) is 0 Å². The van der Waals surface area contributed by atoms with E-state index >= 15 is 0 Å². The number of rotatable bonds is 4. The Bertz CT molecular complexity index is 216. The van der Waals surface area contributed by atoms with Crippen molar-refractivity contribution in [1.29, 1.82) is 0 Å². The maximum atomic E-state index is 4.55. The molecule has 0 aromatic carbocycles. The van der Waals surface area contributed by atoms with E-state index in [1.165, 1.54) is 25.0 Å². The molecule has 0 saturated carbocycles. The summed E-state index contributed by atoms with van der Waals surface area (Å²) in [5.41, 5.74) is 2.40. The lowest BCUT2D eigenvalue weighted by molar-refractivity contribution is 0.721. The second kappa shape index (κ2) is 5.15. The third-order valence-corrected chi connectivity index (χ3v) is 2.40. The molecular weight excluding hydrogens is 160 g/mol. The van der Waals surface area contributed by atoms with Crippen LogP contribution in [0.1, 0.15) is 46.5 Å². The fourth-order valence-electron chi connectivity index (χ4n) is 1.61. The van der Waals surface area contributed by atoms with Crippen molar-refractivity contribution in [2.75, 3.05) is 6.54 Å². The standard InChI is InChI=1S/C11H20N2/c1-4-5-6-7-11-10(3)13-9(2)8-12-11/h9H,4-8H2,1-3H3/t9-/m1/s1. The first-order chi connectivity index (χ1) is 6.24. The lowest BCUT2D eigenvalue weighted by Gasteiger charge is -2.15. The molecule has 0 unspecified atom stereocenters. The van der Waals surface area contributed by atoms with E-state index in [2.05, 4.69) is 30.8 Å². The summed E-state index contributed by atoms with van der Waals surface area (Å²) < 4.78 is 0. The summed E-state index contributed by atoms with van der Waals surface area (Å²) in [6, 6.07) is 0.398. The molecule has 0 saturated heterocycles. The molecule has 0 radical (unpaired) electrons. The van der Waals surface area contributed by atoms with Crippen LogP contribution in [-0.2, 0) is 0 Å². The molecular formula is C11H20N2. The van der Waals surface area contributed by atoms with Crippen molar-refractivity contribution in [3.63, 3.8) is 0 Å². The number of hydrogen-bond donors (Lipinski definition) is 0. The van der Waals surface area contributed by atoms with Gasteiger partial charge in [0.05, 0.1) is 24.0 Å². The lowest BCUT2D eigenvalue weighted by Crippen LogP contribution is -2.21. The van der Waals surface area contributed by atoms with Gasteiger partial charge in [-0.1, -0.05) is 19.8 Å². The first-order valence-electron chi connectivity index (χ1n) is 5.32. The molecule has 1 aliphatic rings. The Morgan fingerprint density at radius 3 is 2.77 bits per heavy atom. The van der Waals surface area contributed by atoms with Crippen LogP contribution in [0.2, 0.25) is 0 Å². The highest BCUT2D eigenvalue weighted by Gasteiger charge is 2.11. The third kappa shape index (κ3) is 3.29. The minimum absolute atomic E-state index is 0.398. The van der Waals surface area contributed by atoms with E-state index in [9.17, 15) is 0 Å². The molecule has 2 heteroatoms. The van der Waals surface area contributed by atoms with Crippen molar-refractivity contribution < 1.29 is 0 Å². The molecule has 13 heavy (non-hydrogen) atoms. The van der Waals surface area contributed by atoms with E-state index in [0.29, 0.717) is 6.04 Å². The van der Waals surface area contributed by atoms with Crippen molar-refractivity contribution >= 4 is 11.4 Å². The highest BCUT2D eigenvalue weighted by Crippen LogP contribution is 2.08. The Balaban J connectivity index is 2.38. The van der Waals surface area contributed by atoms with Crippen LogP contribution in [0.4, 0.5) is 0 Å². The van der Waals surface area contributed by atoms with Gasteiger partial charge >= 0.3 is 0 Å². The zero-order chi connectivity index (χ0) is 9.68. The van der Waals surface area contributed by atoms with E-state index in [4.69, 9.17) is 0 Å². The number of aliphatic imine (C=N–C) groups is 2. The molecule has 1 rings (SSSR count). The van der Waals surface area contributed by atoms with Gasteiger partial charge in [0.2, 0.25) is 0 Å². The highest BCUT2D eigenvalue weighted by atomic mass is 14.9. The van der Waals surface area contributed by atoms with Gasteiger partial charge in [-0.3, -0.25) is 9.98 Å². The van der Waals surface area contributed by atoms with E-state index in [1.54, 1.807) is 0 Å². The predicted molar refractivity (Wildman–Crippen MR) is 59.0 cm³/mol. The molecule has 1 atom stereocenters. The van der Waals surface area contributed by atoms with Gasteiger partial charge in [0.15, 0.2) is 0 Å². The molecule has 1 aliphatic heterocycles. The third-order valence-electron chi connectivity index (χ3n) is 2.40. The van der Waals surface area contributed by atoms with Crippen molar-refractivity contribution in [3.05, 3.63) is 0 Å². The lowest BCUT2D eigenvalue weighted by atomic mass is 10.1. The van der Waals surface area contributed by atoms with Gasteiger partial charge < -0.3 is 0 Å². The quantitative estimate of drug-likeness (QED) is 0.594. The summed E-state index contributed by atoms with van der Waals surface area (Å²) in [7, 11) is 0. The second-order valence-corrected chi connectivity index (χ2v) is 3.81. The first kappa shape index (κ1) is 10.4. The van der Waals surface area contributed by atoms with E-state index in [-0.39, 0.29) is 0 Å². The Kier molecular flexibility index (Phi) is 4.13. The van der Waals surface area contributed by atoms with Gasteiger partial charge in [0.1, 0.15) is 0 Å². The minimum Gasteiger partial charge on any atom is -0.286 e. The smallest absolute Gasteiger partial charge is 0.0670 e. The summed E-state index contributed by atoms with van der Waals surface area (Å²) in [5.74, 6) is 0. The van der Waals surface area contributed by atoms with Crippen LogP contribution in [-0.4, -0.2) is 24.0 Å². The molecule has 0 spiro atoms. The minimum atomic E-state index is 0.398. The second-order valence-electron chi connectivity index (χ2n) is 3.81. The van der Waals surface area contributed by atoms with Crippen LogP contribution in [0, 0.1) is 0 Å². The molecule has 0 N–H and O–H groups in total. The molecule has 0 fully saturated rings. The summed E-state index contributed by atoms with van der Waals surface area (Å²) >= 11 is 0. The van der Waals surface area contributed by atoms with E-state index in [1.807, 2.05) is 0 Å². The average Bonchev–Trinajstić information content (AvgIpc) is 2.09. The predicted octanol–water partition coefficient (Wildman–Crippen LogP) is 2.87. The maximum Gasteiger partial charge on any atom is 0.0670 e. The molecule has 0 amide bonds. The van der Waals surface area contributed by atoms with Crippen molar-refractivity contribution in [1.82, 2.24) is 0 Å².